The van der Waals surface area contributed by atoms with E-state index in [1.807, 2.05) is 0 Å². The number of amides is 1. The Hall–Kier alpha value is -1.96. The number of fused-ring (bicyclic) bond motifs is 1. The normalized spacial score (nSPS) is 30.1. The molecule has 1 aromatic rings. The maximum Gasteiger partial charge on any atom is 0.439 e. The molecule has 4 nitrogen and oxygen atoms in total. The second-order valence-electron chi connectivity index (χ2n) is 6.37. The number of hydrogen-bond acceptors (Lipinski definition) is 3. The molecule has 0 aromatic heterocycles. The number of nitrogens with zero attached hydrogens (tertiary/aromatic N) is 2. The summed E-state index contributed by atoms with van der Waals surface area (Å²) >= 11 is 0. The van der Waals surface area contributed by atoms with Gasteiger partial charge in [0, 0.05) is 11.3 Å². The molecule has 130 valence electrons. The highest BCUT2D eigenvalue weighted by Gasteiger charge is 2.68. The van der Waals surface area contributed by atoms with E-state index in [0.29, 0.717) is 12.8 Å². The van der Waals surface area contributed by atoms with Crippen LogP contribution in [0, 0.1) is 17.7 Å². The summed E-state index contributed by atoms with van der Waals surface area (Å²) in [5.41, 5.74) is -3.36. The van der Waals surface area contributed by atoms with Gasteiger partial charge in [0.2, 0.25) is 0 Å². The van der Waals surface area contributed by atoms with E-state index < -0.39 is 29.5 Å². The third-order valence-electron chi connectivity index (χ3n) is 4.67. The largest absolute Gasteiger partial charge is 0.439 e. The molecule has 1 fully saturated rings. The van der Waals surface area contributed by atoms with Gasteiger partial charge in [-0.05, 0) is 49.4 Å². The third kappa shape index (κ3) is 2.49. The molecule has 0 bridgehead atoms. The highest BCUT2D eigenvalue weighted by Crippen LogP contribution is 2.49. The molecule has 2 aliphatic rings. The molecule has 24 heavy (non-hydrogen) atoms. The summed E-state index contributed by atoms with van der Waals surface area (Å²) in [5.74, 6) is -3.01. The first-order chi connectivity index (χ1) is 11.1. The number of alkyl halides is 3. The predicted molar refractivity (Wildman–Crippen MR) is 77.5 cm³/mol. The quantitative estimate of drug-likeness (QED) is 0.795. The first kappa shape index (κ1) is 16.9. The Bertz CT molecular complexity index is 686. The lowest BCUT2D eigenvalue weighted by atomic mass is 9.76. The summed E-state index contributed by atoms with van der Waals surface area (Å²) in [6.07, 6.45) is -4.00. The number of aliphatic hydroxyl groups is 1. The molecule has 8 heteroatoms. The van der Waals surface area contributed by atoms with Crippen molar-refractivity contribution in [1.82, 2.24) is 5.01 Å². The van der Waals surface area contributed by atoms with Crippen LogP contribution < -0.4 is 0 Å². The summed E-state index contributed by atoms with van der Waals surface area (Å²) in [7, 11) is 0. The van der Waals surface area contributed by atoms with Gasteiger partial charge in [0.25, 0.3) is 11.6 Å². The average molecular weight is 344 g/mol. The van der Waals surface area contributed by atoms with Crippen molar-refractivity contribution in [1.29, 1.82) is 0 Å². The number of rotatable bonds is 1. The SMILES string of the molecule is C[C@@H]1CCC2=NN(C(=O)c3ccc(F)cc3)[C@](O)(C(F)(F)F)[C@@H]2C1. The molecular weight excluding hydrogens is 328 g/mol. The lowest BCUT2D eigenvalue weighted by molar-refractivity contribution is -0.313. The predicted octanol–water partition coefficient (Wildman–Crippen LogP) is 3.32. The van der Waals surface area contributed by atoms with E-state index in [0.717, 1.165) is 24.3 Å². The van der Waals surface area contributed by atoms with Gasteiger partial charge >= 0.3 is 6.18 Å². The van der Waals surface area contributed by atoms with Gasteiger partial charge in [0.05, 0.1) is 5.92 Å². The zero-order chi connectivity index (χ0) is 17.7. The van der Waals surface area contributed by atoms with Crippen LogP contribution in [0.1, 0.15) is 36.5 Å². The molecule has 1 aliphatic carbocycles. The van der Waals surface area contributed by atoms with Crippen LogP contribution in [-0.4, -0.2) is 33.6 Å². The van der Waals surface area contributed by atoms with Gasteiger partial charge in [-0.3, -0.25) is 4.79 Å². The van der Waals surface area contributed by atoms with Crippen molar-refractivity contribution in [2.24, 2.45) is 16.9 Å². The second-order valence-corrected chi connectivity index (χ2v) is 6.37. The van der Waals surface area contributed by atoms with E-state index in [2.05, 4.69) is 5.10 Å². The molecule has 0 radical (unpaired) electrons. The first-order valence-corrected chi connectivity index (χ1v) is 7.61. The smallest absolute Gasteiger partial charge is 0.362 e. The third-order valence-corrected chi connectivity index (χ3v) is 4.67. The van der Waals surface area contributed by atoms with E-state index in [1.54, 1.807) is 6.92 Å². The van der Waals surface area contributed by atoms with E-state index in [4.69, 9.17) is 0 Å². The Morgan fingerprint density at radius 1 is 1.33 bits per heavy atom. The number of benzene rings is 1. The van der Waals surface area contributed by atoms with Crippen molar-refractivity contribution in [3.63, 3.8) is 0 Å². The average Bonchev–Trinajstić information content (AvgIpc) is 2.81. The molecule has 1 amide bonds. The van der Waals surface area contributed by atoms with Gasteiger partial charge in [-0.2, -0.15) is 23.3 Å². The fraction of sp³-hybridized carbons (Fsp3) is 0.500. The highest BCUT2D eigenvalue weighted by molar-refractivity contribution is 5.99. The Labute approximate surface area is 135 Å². The summed E-state index contributed by atoms with van der Waals surface area (Å²) in [6, 6.07) is 4.08. The van der Waals surface area contributed by atoms with Crippen LogP contribution in [0.5, 0.6) is 0 Å². The zero-order valence-electron chi connectivity index (χ0n) is 12.8. The summed E-state index contributed by atoms with van der Waals surface area (Å²) in [4.78, 5) is 12.5. The maximum atomic E-state index is 13.7. The van der Waals surface area contributed by atoms with E-state index in [1.165, 1.54) is 0 Å². The van der Waals surface area contributed by atoms with Crippen molar-refractivity contribution in [2.45, 2.75) is 38.1 Å². The molecule has 1 aromatic carbocycles. The topological polar surface area (TPSA) is 52.9 Å². The fourth-order valence-electron chi connectivity index (χ4n) is 3.33. The fourth-order valence-corrected chi connectivity index (χ4v) is 3.33. The van der Waals surface area contributed by atoms with Gasteiger partial charge < -0.3 is 5.11 Å². The van der Waals surface area contributed by atoms with Crippen LogP contribution in [0.25, 0.3) is 0 Å². The van der Waals surface area contributed by atoms with Crippen molar-refractivity contribution >= 4 is 11.6 Å². The van der Waals surface area contributed by atoms with Crippen molar-refractivity contribution < 1.29 is 27.5 Å². The molecule has 1 N–H and O–H groups in total. The lowest BCUT2D eigenvalue weighted by Crippen LogP contribution is -2.61. The van der Waals surface area contributed by atoms with Gasteiger partial charge in [0.1, 0.15) is 5.82 Å². The molecule has 3 atom stereocenters. The molecule has 3 rings (SSSR count). The van der Waals surface area contributed by atoms with Crippen LogP contribution in [0.15, 0.2) is 29.4 Å². The van der Waals surface area contributed by atoms with Crippen LogP contribution in [0.4, 0.5) is 17.6 Å². The number of hydrogen-bond donors (Lipinski definition) is 1. The standard InChI is InChI=1S/C16H16F4N2O2/c1-9-2-7-13-12(8-9)15(24,16(18,19)20)22(21-13)14(23)10-3-5-11(17)6-4-10/h3-6,9,12,24H,2,7-8H2,1H3/t9-,12-,15-/m1/s1. The van der Waals surface area contributed by atoms with E-state index in [-0.39, 0.29) is 28.6 Å². The molecule has 1 aliphatic heterocycles. The van der Waals surface area contributed by atoms with E-state index >= 15 is 0 Å². The number of carbonyl (C=O) groups is 1. The van der Waals surface area contributed by atoms with Gasteiger partial charge in [-0.25, -0.2) is 4.39 Å². The minimum absolute atomic E-state index is 0.0105. The molecule has 0 spiro atoms. The monoisotopic (exact) mass is 344 g/mol. The Morgan fingerprint density at radius 3 is 2.54 bits per heavy atom. The zero-order valence-corrected chi connectivity index (χ0v) is 12.8. The Kier molecular flexibility index (Phi) is 3.90. The molecule has 1 saturated carbocycles. The molecule has 1 heterocycles. The van der Waals surface area contributed by atoms with Crippen LogP contribution in [0.2, 0.25) is 0 Å². The van der Waals surface area contributed by atoms with Crippen LogP contribution >= 0.6 is 0 Å². The second kappa shape index (κ2) is 5.54. The first-order valence-electron chi connectivity index (χ1n) is 7.61. The van der Waals surface area contributed by atoms with Crippen LogP contribution in [-0.2, 0) is 0 Å². The minimum Gasteiger partial charge on any atom is -0.362 e. The molecule has 0 unspecified atom stereocenters. The summed E-state index contributed by atoms with van der Waals surface area (Å²) in [6.45, 7) is 1.80. The molecular formula is C16H16F4N2O2. The van der Waals surface area contributed by atoms with Gasteiger partial charge in [-0.15, -0.1) is 0 Å². The number of hydrazone groups is 1. The number of halogens is 4. The molecule has 0 saturated heterocycles. The Morgan fingerprint density at radius 2 is 1.96 bits per heavy atom. The van der Waals surface area contributed by atoms with Crippen molar-refractivity contribution in [2.75, 3.05) is 0 Å². The lowest BCUT2D eigenvalue weighted by Gasteiger charge is -2.39. The Balaban J connectivity index is 2.03. The van der Waals surface area contributed by atoms with E-state index in [9.17, 15) is 27.5 Å². The van der Waals surface area contributed by atoms with Crippen molar-refractivity contribution in [3.8, 4) is 0 Å². The minimum atomic E-state index is -5.06. The van der Waals surface area contributed by atoms with Crippen LogP contribution in [0.3, 0.4) is 0 Å². The summed E-state index contributed by atoms with van der Waals surface area (Å²) in [5, 5.41) is 14.4. The van der Waals surface area contributed by atoms with Crippen molar-refractivity contribution in [3.05, 3.63) is 35.6 Å². The van der Waals surface area contributed by atoms with Gasteiger partial charge in [-0.1, -0.05) is 6.92 Å². The van der Waals surface area contributed by atoms with Gasteiger partial charge in [0.15, 0.2) is 0 Å². The highest BCUT2D eigenvalue weighted by atomic mass is 19.4. The number of carbonyl (C=O) groups excluding carboxylic acids is 1. The summed E-state index contributed by atoms with van der Waals surface area (Å²) < 4.78 is 53.9. The maximum absolute atomic E-state index is 13.7.